The second-order valence-corrected chi connectivity index (χ2v) is 5.82. The van der Waals surface area contributed by atoms with Crippen LogP contribution in [0.3, 0.4) is 0 Å². The van der Waals surface area contributed by atoms with E-state index in [2.05, 4.69) is 11.1 Å². The lowest BCUT2D eigenvalue weighted by Crippen LogP contribution is -1.91. The molecule has 0 spiro atoms. The Labute approximate surface area is 143 Å². The van der Waals surface area contributed by atoms with Crippen molar-refractivity contribution < 1.29 is 9.34 Å². The Balaban J connectivity index is 1.84. The highest BCUT2D eigenvalue weighted by Crippen LogP contribution is 2.33. The van der Waals surface area contributed by atoms with Gasteiger partial charge in [-0.1, -0.05) is 12.1 Å². The van der Waals surface area contributed by atoms with Crippen LogP contribution in [0.25, 0.3) is 22.1 Å². The molecule has 4 aromatic rings. The molecule has 0 radical (unpaired) electrons. The van der Waals surface area contributed by atoms with E-state index < -0.39 is 0 Å². The molecule has 0 aliphatic carbocycles. The van der Waals surface area contributed by atoms with Crippen molar-refractivity contribution in [3.8, 4) is 11.1 Å². The molecule has 2 heterocycles. The number of aromatic nitrogens is 1. The Morgan fingerprint density at radius 2 is 1.84 bits per heavy atom. The fraction of sp³-hybridized carbons (Fsp3) is 0.0500. The average Bonchev–Trinajstić information content (AvgIpc) is 3.10. The van der Waals surface area contributed by atoms with Gasteiger partial charge in [0, 0.05) is 35.5 Å². The smallest absolute Gasteiger partial charge is 0.270 e. The lowest BCUT2D eigenvalue weighted by atomic mass is 9.97. The van der Waals surface area contributed by atoms with E-state index in [4.69, 9.17) is 4.42 Å². The van der Waals surface area contributed by atoms with Gasteiger partial charge in [0.1, 0.15) is 5.58 Å². The Morgan fingerprint density at radius 3 is 2.64 bits per heavy atom. The van der Waals surface area contributed by atoms with Gasteiger partial charge in [0.05, 0.1) is 11.2 Å². The number of fused-ring (bicyclic) bond motifs is 1. The third-order valence-electron chi connectivity index (χ3n) is 4.14. The third kappa shape index (κ3) is 2.99. The maximum atomic E-state index is 11.1. The summed E-state index contributed by atoms with van der Waals surface area (Å²) in [4.78, 5) is 14.7. The highest BCUT2D eigenvalue weighted by Gasteiger charge is 2.13. The van der Waals surface area contributed by atoms with Gasteiger partial charge in [-0.15, -0.1) is 0 Å². The first-order chi connectivity index (χ1) is 12.2. The van der Waals surface area contributed by atoms with Gasteiger partial charge in [-0.05, 0) is 53.4 Å². The van der Waals surface area contributed by atoms with E-state index in [1.54, 1.807) is 30.8 Å². The van der Waals surface area contributed by atoms with E-state index in [9.17, 15) is 10.1 Å². The summed E-state index contributed by atoms with van der Waals surface area (Å²) in [5, 5.41) is 12.1. The van der Waals surface area contributed by atoms with Crippen molar-refractivity contribution in [3.05, 3.63) is 94.5 Å². The molecule has 122 valence electrons. The summed E-state index contributed by atoms with van der Waals surface area (Å²) >= 11 is 0. The van der Waals surface area contributed by atoms with E-state index >= 15 is 0 Å². The van der Waals surface area contributed by atoms with Crippen LogP contribution in [0.15, 0.2) is 77.7 Å². The molecule has 0 aliphatic rings. The zero-order valence-corrected chi connectivity index (χ0v) is 13.3. The molecule has 0 aliphatic heterocycles. The van der Waals surface area contributed by atoms with Gasteiger partial charge in [-0.25, -0.2) is 0 Å². The number of furan rings is 1. The molecule has 25 heavy (non-hydrogen) atoms. The summed E-state index contributed by atoms with van der Waals surface area (Å²) in [6.07, 6.45) is 5.94. The van der Waals surface area contributed by atoms with Crippen LogP contribution in [0.2, 0.25) is 0 Å². The summed E-state index contributed by atoms with van der Waals surface area (Å²) in [6, 6.07) is 16.6. The monoisotopic (exact) mass is 330 g/mol. The number of hydrogen-bond acceptors (Lipinski definition) is 4. The molecular weight excluding hydrogens is 316 g/mol. The molecule has 0 N–H and O–H groups in total. The molecule has 5 heteroatoms. The predicted octanol–water partition coefficient (Wildman–Crippen LogP) is 4.99. The van der Waals surface area contributed by atoms with Crippen LogP contribution in [0, 0.1) is 10.1 Å². The highest BCUT2D eigenvalue weighted by molar-refractivity contribution is 5.93. The van der Waals surface area contributed by atoms with Gasteiger partial charge < -0.3 is 4.42 Å². The molecule has 5 nitrogen and oxygen atoms in total. The Morgan fingerprint density at radius 1 is 1.00 bits per heavy atom. The van der Waals surface area contributed by atoms with Crippen LogP contribution in [0.4, 0.5) is 5.69 Å². The summed E-state index contributed by atoms with van der Waals surface area (Å²) < 4.78 is 5.63. The number of hydrogen-bond donors (Lipinski definition) is 0. The average molecular weight is 330 g/mol. The van der Waals surface area contributed by atoms with Crippen LogP contribution < -0.4 is 0 Å². The first kappa shape index (κ1) is 15.1. The Bertz CT molecular complexity index is 1050. The van der Waals surface area contributed by atoms with Crippen LogP contribution in [-0.4, -0.2) is 9.91 Å². The maximum absolute atomic E-state index is 11.1. The van der Waals surface area contributed by atoms with Crippen LogP contribution in [-0.2, 0) is 6.42 Å². The second kappa shape index (κ2) is 6.20. The van der Waals surface area contributed by atoms with Gasteiger partial charge in [0.25, 0.3) is 5.69 Å². The number of non-ortho nitro benzene ring substituents is 1. The molecule has 4 rings (SSSR count). The molecule has 0 unspecified atom stereocenters. The van der Waals surface area contributed by atoms with Crippen molar-refractivity contribution in [3.63, 3.8) is 0 Å². The normalized spacial score (nSPS) is 10.9. The second-order valence-electron chi connectivity index (χ2n) is 5.82. The molecule has 0 atom stereocenters. The largest absolute Gasteiger partial charge is 0.464 e. The van der Waals surface area contributed by atoms with Crippen molar-refractivity contribution in [1.29, 1.82) is 0 Å². The third-order valence-corrected chi connectivity index (χ3v) is 4.14. The minimum Gasteiger partial charge on any atom is -0.464 e. The minimum atomic E-state index is -0.385. The molecular formula is C20H14N2O3. The van der Waals surface area contributed by atoms with E-state index in [-0.39, 0.29) is 10.6 Å². The number of nitro benzene ring substituents is 1. The number of benzene rings is 2. The first-order valence-electron chi connectivity index (χ1n) is 7.84. The summed E-state index contributed by atoms with van der Waals surface area (Å²) in [6.45, 7) is 0. The standard InChI is InChI=1S/C20H14N2O3/c23-22(24)18-3-1-2-16(13-18)19-12-15(10-14-4-7-21-8-5-14)11-17-6-9-25-20(17)19/h1-9,11-13H,10H2. The highest BCUT2D eigenvalue weighted by atomic mass is 16.6. The summed E-state index contributed by atoms with van der Waals surface area (Å²) in [7, 11) is 0. The molecule has 0 saturated carbocycles. The Hall–Kier alpha value is -3.47. The lowest BCUT2D eigenvalue weighted by Gasteiger charge is -2.08. The van der Waals surface area contributed by atoms with Crippen molar-refractivity contribution in [2.75, 3.05) is 0 Å². The van der Waals surface area contributed by atoms with E-state index in [0.717, 1.165) is 39.6 Å². The number of pyridine rings is 1. The summed E-state index contributed by atoms with van der Waals surface area (Å²) in [5.74, 6) is 0. The van der Waals surface area contributed by atoms with Gasteiger partial charge in [0.15, 0.2) is 0 Å². The Kier molecular flexibility index (Phi) is 3.74. The SMILES string of the molecule is O=[N+]([O-])c1cccc(-c2cc(Cc3ccncc3)cc3ccoc23)c1. The van der Waals surface area contributed by atoms with Crippen molar-refractivity contribution >= 4 is 16.7 Å². The fourth-order valence-corrected chi connectivity index (χ4v) is 2.98. The number of rotatable bonds is 4. The topological polar surface area (TPSA) is 69.2 Å². The van der Waals surface area contributed by atoms with E-state index in [1.165, 1.54) is 6.07 Å². The molecule has 0 amide bonds. The number of nitro groups is 1. The molecule has 0 bridgehead atoms. The maximum Gasteiger partial charge on any atom is 0.270 e. The van der Waals surface area contributed by atoms with Gasteiger partial charge in [-0.2, -0.15) is 0 Å². The zero-order chi connectivity index (χ0) is 17.2. The molecule has 0 fully saturated rings. The molecule has 0 saturated heterocycles. The van der Waals surface area contributed by atoms with Crippen molar-refractivity contribution in [2.24, 2.45) is 0 Å². The number of nitrogens with zero attached hydrogens (tertiary/aromatic N) is 2. The van der Waals surface area contributed by atoms with Crippen LogP contribution in [0.5, 0.6) is 0 Å². The molecule has 2 aromatic carbocycles. The predicted molar refractivity (Wildman–Crippen MR) is 95.3 cm³/mol. The van der Waals surface area contributed by atoms with Gasteiger partial charge in [0.2, 0.25) is 0 Å². The molecule has 2 aromatic heterocycles. The van der Waals surface area contributed by atoms with Crippen LogP contribution in [0.1, 0.15) is 11.1 Å². The van der Waals surface area contributed by atoms with Crippen molar-refractivity contribution in [2.45, 2.75) is 6.42 Å². The van der Waals surface area contributed by atoms with Gasteiger partial charge in [-0.3, -0.25) is 15.1 Å². The van der Waals surface area contributed by atoms with Crippen LogP contribution >= 0.6 is 0 Å². The van der Waals surface area contributed by atoms with Crippen molar-refractivity contribution in [1.82, 2.24) is 4.98 Å². The lowest BCUT2D eigenvalue weighted by molar-refractivity contribution is -0.384. The van der Waals surface area contributed by atoms with Gasteiger partial charge >= 0.3 is 0 Å². The van der Waals surface area contributed by atoms with E-state index in [1.807, 2.05) is 30.3 Å². The zero-order valence-electron chi connectivity index (χ0n) is 13.3. The fourth-order valence-electron chi connectivity index (χ4n) is 2.98. The minimum absolute atomic E-state index is 0.0664. The first-order valence-corrected chi connectivity index (χ1v) is 7.84. The van der Waals surface area contributed by atoms with E-state index in [0.29, 0.717) is 0 Å². The quantitative estimate of drug-likeness (QED) is 0.390. The summed E-state index contributed by atoms with van der Waals surface area (Å²) in [5.41, 5.74) is 4.70.